The van der Waals surface area contributed by atoms with Crippen LogP contribution < -0.4 is 0 Å². The van der Waals surface area contributed by atoms with Crippen molar-refractivity contribution in [2.45, 2.75) is 20.8 Å². The fourth-order valence-electron chi connectivity index (χ4n) is 0.344. The summed E-state index contributed by atoms with van der Waals surface area (Å²) in [6.07, 6.45) is 3.61. The summed E-state index contributed by atoms with van der Waals surface area (Å²) in [6.45, 7) is 7.03. The molecule has 0 heterocycles. The van der Waals surface area contributed by atoms with Gasteiger partial charge in [0.05, 0.1) is 12.9 Å². The van der Waals surface area contributed by atoms with Crippen molar-refractivity contribution >= 4 is 0 Å². The minimum Gasteiger partial charge on any atom is -0.501 e. The Hall–Kier alpha value is -0.460. The molecule has 0 atom stereocenters. The molecule has 0 amide bonds. The van der Waals surface area contributed by atoms with Crippen molar-refractivity contribution in [3.05, 3.63) is 12.3 Å². The zero-order valence-corrected chi connectivity index (χ0v) is 5.85. The Kier molecular flexibility index (Phi) is 4.42. The normalized spacial score (nSPS) is 11.0. The van der Waals surface area contributed by atoms with E-state index in [0.29, 0.717) is 5.92 Å². The van der Waals surface area contributed by atoms with Crippen LogP contribution in [0, 0.1) is 5.92 Å². The van der Waals surface area contributed by atoms with Gasteiger partial charge < -0.3 is 4.74 Å². The first-order valence-corrected chi connectivity index (χ1v) is 3.00. The summed E-state index contributed by atoms with van der Waals surface area (Å²) in [5.74, 6) is 0.631. The second-order valence-electron chi connectivity index (χ2n) is 2.20. The molecule has 0 aromatic heterocycles. The van der Waals surface area contributed by atoms with Gasteiger partial charge in [-0.05, 0) is 12.8 Å². The van der Waals surface area contributed by atoms with Crippen LogP contribution in [0.1, 0.15) is 20.8 Å². The Morgan fingerprint density at radius 3 is 2.50 bits per heavy atom. The van der Waals surface area contributed by atoms with Gasteiger partial charge in [0.15, 0.2) is 0 Å². The summed E-state index contributed by atoms with van der Waals surface area (Å²) in [5, 5.41) is 0. The molecule has 0 fully saturated rings. The van der Waals surface area contributed by atoms with Gasteiger partial charge in [-0.2, -0.15) is 0 Å². The SMILES string of the molecule is C/C=C/OCC(C)C. The largest absolute Gasteiger partial charge is 0.501 e. The van der Waals surface area contributed by atoms with Crippen LogP contribution in [0.4, 0.5) is 0 Å². The van der Waals surface area contributed by atoms with E-state index in [1.165, 1.54) is 0 Å². The Labute approximate surface area is 51.4 Å². The third kappa shape index (κ3) is 5.54. The number of rotatable bonds is 3. The molecule has 1 heteroatoms. The fraction of sp³-hybridized carbons (Fsp3) is 0.714. The molecule has 8 heavy (non-hydrogen) atoms. The first-order chi connectivity index (χ1) is 3.77. The molecular weight excluding hydrogens is 100 g/mol. The average Bonchev–Trinajstić information content (AvgIpc) is 1.66. The lowest BCUT2D eigenvalue weighted by Gasteiger charge is -2.01. The highest BCUT2D eigenvalue weighted by molar-refractivity contribution is 4.65. The monoisotopic (exact) mass is 114 g/mol. The lowest BCUT2D eigenvalue weighted by Crippen LogP contribution is -1.95. The highest BCUT2D eigenvalue weighted by atomic mass is 16.5. The molecule has 0 aliphatic carbocycles. The molecule has 0 bridgehead atoms. The topological polar surface area (TPSA) is 9.23 Å². The Morgan fingerprint density at radius 1 is 1.50 bits per heavy atom. The zero-order valence-electron chi connectivity index (χ0n) is 5.85. The first kappa shape index (κ1) is 7.54. The highest BCUT2D eigenvalue weighted by Gasteiger charge is 1.87. The van der Waals surface area contributed by atoms with Crippen molar-refractivity contribution in [1.29, 1.82) is 0 Å². The van der Waals surface area contributed by atoms with Crippen molar-refractivity contribution in [2.75, 3.05) is 6.61 Å². The molecule has 0 saturated heterocycles. The summed E-state index contributed by atoms with van der Waals surface area (Å²) in [5.41, 5.74) is 0. The van der Waals surface area contributed by atoms with Gasteiger partial charge in [-0.15, -0.1) is 0 Å². The molecule has 1 nitrogen and oxygen atoms in total. The highest BCUT2D eigenvalue weighted by Crippen LogP contribution is 1.91. The van der Waals surface area contributed by atoms with Crippen LogP contribution in [0.25, 0.3) is 0 Å². The van der Waals surface area contributed by atoms with Gasteiger partial charge in [-0.25, -0.2) is 0 Å². The van der Waals surface area contributed by atoms with Gasteiger partial charge in [0.2, 0.25) is 0 Å². The Bertz CT molecular complexity index is 64.8. The van der Waals surface area contributed by atoms with Gasteiger partial charge in [0.25, 0.3) is 0 Å². The van der Waals surface area contributed by atoms with Gasteiger partial charge in [-0.1, -0.05) is 19.9 Å². The van der Waals surface area contributed by atoms with Crippen LogP contribution in [0.15, 0.2) is 12.3 Å². The molecule has 0 aromatic rings. The van der Waals surface area contributed by atoms with Crippen LogP contribution in [0.5, 0.6) is 0 Å². The van der Waals surface area contributed by atoms with E-state index in [1.54, 1.807) is 6.26 Å². The van der Waals surface area contributed by atoms with Gasteiger partial charge in [0.1, 0.15) is 0 Å². The summed E-state index contributed by atoms with van der Waals surface area (Å²) in [6, 6.07) is 0. The maximum atomic E-state index is 5.06. The predicted molar refractivity (Wildman–Crippen MR) is 35.6 cm³/mol. The van der Waals surface area contributed by atoms with E-state index in [1.807, 2.05) is 13.0 Å². The molecular formula is C7H14O. The van der Waals surface area contributed by atoms with E-state index in [-0.39, 0.29) is 0 Å². The van der Waals surface area contributed by atoms with Crippen LogP contribution in [-0.4, -0.2) is 6.61 Å². The number of hydrogen-bond acceptors (Lipinski definition) is 1. The fourth-order valence-corrected chi connectivity index (χ4v) is 0.344. The van der Waals surface area contributed by atoms with Gasteiger partial charge in [0, 0.05) is 0 Å². The quantitative estimate of drug-likeness (QED) is 0.511. The van der Waals surface area contributed by atoms with Crippen LogP contribution in [-0.2, 0) is 4.74 Å². The molecule has 0 saturated carbocycles. The number of allylic oxidation sites excluding steroid dienone is 1. The minimum atomic E-state index is 0.631. The summed E-state index contributed by atoms with van der Waals surface area (Å²) in [4.78, 5) is 0. The Balaban J connectivity index is 2.93. The van der Waals surface area contributed by atoms with E-state index < -0.39 is 0 Å². The predicted octanol–water partition coefficient (Wildman–Crippen LogP) is 2.19. The maximum absolute atomic E-state index is 5.06. The third-order valence-electron chi connectivity index (χ3n) is 0.662. The van der Waals surface area contributed by atoms with Crippen molar-refractivity contribution in [2.24, 2.45) is 5.92 Å². The molecule has 0 aromatic carbocycles. The third-order valence-corrected chi connectivity index (χ3v) is 0.662. The Morgan fingerprint density at radius 2 is 2.12 bits per heavy atom. The second-order valence-corrected chi connectivity index (χ2v) is 2.20. The first-order valence-electron chi connectivity index (χ1n) is 3.00. The molecule has 0 spiro atoms. The van der Waals surface area contributed by atoms with Gasteiger partial charge >= 0.3 is 0 Å². The summed E-state index contributed by atoms with van der Waals surface area (Å²) in [7, 11) is 0. The van der Waals surface area contributed by atoms with E-state index in [0.717, 1.165) is 6.61 Å². The molecule has 0 unspecified atom stereocenters. The summed E-state index contributed by atoms with van der Waals surface area (Å²) < 4.78 is 5.06. The molecule has 0 N–H and O–H groups in total. The lowest BCUT2D eigenvalue weighted by atomic mass is 10.2. The summed E-state index contributed by atoms with van der Waals surface area (Å²) >= 11 is 0. The van der Waals surface area contributed by atoms with Crippen molar-refractivity contribution in [1.82, 2.24) is 0 Å². The molecule has 0 radical (unpaired) electrons. The minimum absolute atomic E-state index is 0.631. The smallest absolute Gasteiger partial charge is 0.0895 e. The van der Waals surface area contributed by atoms with Crippen molar-refractivity contribution in [3.8, 4) is 0 Å². The molecule has 48 valence electrons. The van der Waals surface area contributed by atoms with E-state index in [2.05, 4.69) is 13.8 Å². The molecule has 0 rings (SSSR count). The number of hydrogen-bond donors (Lipinski definition) is 0. The molecule has 0 aliphatic heterocycles. The van der Waals surface area contributed by atoms with Crippen molar-refractivity contribution in [3.63, 3.8) is 0 Å². The average molecular weight is 114 g/mol. The van der Waals surface area contributed by atoms with Crippen LogP contribution >= 0.6 is 0 Å². The van der Waals surface area contributed by atoms with Crippen LogP contribution in [0.3, 0.4) is 0 Å². The van der Waals surface area contributed by atoms with Crippen molar-refractivity contribution < 1.29 is 4.74 Å². The standard InChI is InChI=1S/C7H14O/c1-4-5-8-6-7(2)3/h4-5,7H,6H2,1-3H3/b5-4+. The molecule has 0 aliphatic rings. The lowest BCUT2D eigenvalue weighted by molar-refractivity contribution is 0.211. The van der Waals surface area contributed by atoms with E-state index in [9.17, 15) is 0 Å². The maximum Gasteiger partial charge on any atom is 0.0895 e. The second kappa shape index (κ2) is 4.69. The van der Waals surface area contributed by atoms with Gasteiger partial charge in [-0.3, -0.25) is 0 Å². The van der Waals surface area contributed by atoms with E-state index >= 15 is 0 Å². The van der Waals surface area contributed by atoms with Crippen LogP contribution in [0.2, 0.25) is 0 Å². The number of ether oxygens (including phenoxy) is 1. The van der Waals surface area contributed by atoms with E-state index in [4.69, 9.17) is 4.74 Å². The zero-order chi connectivity index (χ0) is 6.41.